The van der Waals surface area contributed by atoms with Crippen molar-refractivity contribution in [1.29, 1.82) is 0 Å². The molecule has 1 heterocycles. The Labute approximate surface area is 158 Å². The summed E-state index contributed by atoms with van der Waals surface area (Å²) >= 11 is 0. The maximum atomic E-state index is 13.1. The molecule has 144 valence electrons. The number of ether oxygens (including phenoxy) is 1. The quantitative estimate of drug-likeness (QED) is 0.600. The summed E-state index contributed by atoms with van der Waals surface area (Å²) < 4.78 is 32.7. The fourth-order valence-electron chi connectivity index (χ4n) is 2.94. The van der Waals surface area contributed by atoms with Crippen LogP contribution in [0.1, 0.15) is 18.5 Å². The first kappa shape index (κ1) is 19.3. The van der Waals surface area contributed by atoms with Gasteiger partial charge in [0.15, 0.2) is 0 Å². The Morgan fingerprint density at radius 1 is 1.15 bits per heavy atom. The number of anilines is 1. The highest BCUT2D eigenvalue weighted by Crippen LogP contribution is 2.31. The Balaban J connectivity index is 1.99. The van der Waals surface area contributed by atoms with E-state index in [9.17, 15) is 18.5 Å². The first-order chi connectivity index (χ1) is 12.9. The van der Waals surface area contributed by atoms with Gasteiger partial charge in [-0.1, -0.05) is 30.3 Å². The maximum absolute atomic E-state index is 13.1. The number of nitrogens with one attached hydrogen (secondary N) is 1. The third kappa shape index (κ3) is 4.26. The van der Waals surface area contributed by atoms with Gasteiger partial charge in [0, 0.05) is 31.3 Å². The lowest BCUT2D eigenvalue weighted by atomic mass is 10.1. The number of hydrogen-bond acceptors (Lipinski definition) is 6. The smallest absolute Gasteiger partial charge is 0.270 e. The number of nitro benzene ring substituents is 1. The fourth-order valence-corrected chi connectivity index (χ4v) is 4.52. The molecule has 0 saturated carbocycles. The number of rotatable bonds is 6. The minimum Gasteiger partial charge on any atom is -0.379 e. The summed E-state index contributed by atoms with van der Waals surface area (Å²) in [7, 11) is -3.89. The maximum Gasteiger partial charge on any atom is 0.270 e. The van der Waals surface area contributed by atoms with Crippen LogP contribution in [0.25, 0.3) is 0 Å². The van der Waals surface area contributed by atoms with E-state index >= 15 is 0 Å². The van der Waals surface area contributed by atoms with Crippen LogP contribution < -0.4 is 5.32 Å². The number of nitro groups is 1. The molecule has 1 unspecified atom stereocenters. The topological polar surface area (TPSA) is 102 Å². The van der Waals surface area contributed by atoms with Crippen LogP contribution in [0.5, 0.6) is 0 Å². The summed E-state index contributed by atoms with van der Waals surface area (Å²) in [5.74, 6) is 0. The molecule has 8 nitrogen and oxygen atoms in total. The molecule has 2 aromatic rings. The average Bonchev–Trinajstić information content (AvgIpc) is 2.69. The highest BCUT2D eigenvalue weighted by atomic mass is 32.2. The fraction of sp³-hybridized carbons (Fsp3) is 0.333. The van der Waals surface area contributed by atoms with E-state index in [4.69, 9.17) is 4.74 Å². The van der Waals surface area contributed by atoms with Crippen LogP contribution in [0, 0.1) is 10.1 Å². The molecule has 1 saturated heterocycles. The molecule has 1 atom stereocenters. The molecule has 0 aliphatic carbocycles. The molecule has 1 aliphatic heterocycles. The van der Waals surface area contributed by atoms with E-state index in [0.29, 0.717) is 18.9 Å². The first-order valence-corrected chi connectivity index (χ1v) is 10.0. The molecule has 3 rings (SSSR count). The van der Waals surface area contributed by atoms with E-state index in [0.717, 1.165) is 11.6 Å². The van der Waals surface area contributed by atoms with Gasteiger partial charge in [0.25, 0.3) is 5.69 Å². The normalized spacial score (nSPS) is 16.6. The molecular weight excluding hydrogens is 370 g/mol. The van der Waals surface area contributed by atoms with Crippen LogP contribution in [0.3, 0.4) is 0 Å². The Morgan fingerprint density at radius 3 is 2.44 bits per heavy atom. The van der Waals surface area contributed by atoms with Gasteiger partial charge >= 0.3 is 0 Å². The second-order valence-electron chi connectivity index (χ2n) is 6.23. The molecule has 2 aromatic carbocycles. The average molecular weight is 391 g/mol. The van der Waals surface area contributed by atoms with Gasteiger partial charge < -0.3 is 10.1 Å². The Kier molecular flexibility index (Phi) is 5.73. The van der Waals surface area contributed by atoms with E-state index in [1.165, 1.54) is 16.4 Å². The van der Waals surface area contributed by atoms with Crippen molar-refractivity contribution in [2.75, 3.05) is 31.6 Å². The zero-order valence-corrected chi connectivity index (χ0v) is 15.7. The lowest BCUT2D eigenvalue weighted by Gasteiger charge is -2.27. The second-order valence-corrected chi connectivity index (χ2v) is 8.14. The summed E-state index contributed by atoms with van der Waals surface area (Å²) in [6.45, 7) is 2.95. The van der Waals surface area contributed by atoms with Crippen molar-refractivity contribution in [2.24, 2.45) is 0 Å². The van der Waals surface area contributed by atoms with Crippen LogP contribution in [0.15, 0.2) is 53.4 Å². The molecule has 1 fully saturated rings. The monoisotopic (exact) mass is 391 g/mol. The van der Waals surface area contributed by atoms with Gasteiger partial charge in [0.1, 0.15) is 4.90 Å². The standard InChI is InChI=1S/C18H21N3O5S/c1-14(15-5-3-2-4-6-15)19-17-8-7-16(21(22)23)13-18(17)27(24,25)20-9-11-26-12-10-20/h2-8,13-14,19H,9-12H2,1H3. The van der Waals surface area contributed by atoms with Crippen molar-refractivity contribution in [3.63, 3.8) is 0 Å². The highest BCUT2D eigenvalue weighted by molar-refractivity contribution is 7.89. The molecule has 0 spiro atoms. The van der Waals surface area contributed by atoms with E-state index < -0.39 is 14.9 Å². The number of hydrogen-bond donors (Lipinski definition) is 1. The molecule has 0 amide bonds. The van der Waals surface area contributed by atoms with Crippen molar-refractivity contribution in [3.8, 4) is 0 Å². The van der Waals surface area contributed by atoms with Gasteiger partial charge in [0.05, 0.1) is 23.8 Å². The lowest BCUT2D eigenvalue weighted by molar-refractivity contribution is -0.385. The number of non-ortho nitro benzene ring substituents is 1. The van der Waals surface area contributed by atoms with Gasteiger partial charge in [-0.15, -0.1) is 0 Å². The molecule has 0 radical (unpaired) electrons. The van der Waals surface area contributed by atoms with E-state index in [2.05, 4.69) is 5.32 Å². The summed E-state index contributed by atoms with van der Waals surface area (Å²) in [4.78, 5) is 10.5. The second kappa shape index (κ2) is 8.03. The molecule has 0 bridgehead atoms. The number of benzene rings is 2. The molecule has 1 aliphatic rings. The molecule has 27 heavy (non-hydrogen) atoms. The summed E-state index contributed by atoms with van der Waals surface area (Å²) in [6, 6.07) is 13.2. The predicted molar refractivity (Wildman–Crippen MR) is 101 cm³/mol. The van der Waals surface area contributed by atoms with Gasteiger partial charge in [-0.25, -0.2) is 8.42 Å². The van der Waals surface area contributed by atoms with Crippen molar-refractivity contribution < 1.29 is 18.1 Å². The van der Waals surface area contributed by atoms with Crippen LogP contribution >= 0.6 is 0 Å². The van der Waals surface area contributed by atoms with Gasteiger partial charge in [0.2, 0.25) is 10.0 Å². The van der Waals surface area contributed by atoms with Crippen molar-refractivity contribution in [1.82, 2.24) is 4.31 Å². The van der Waals surface area contributed by atoms with Crippen molar-refractivity contribution in [2.45, 2.75) is 17.9 Å². The first-order valence-electron chi connectivity index (χ1n) is 8.57. The number of nitrogens with zero attached hydrogens (tertiary/aromatic N) is 2. The zero-order valence-electron chi connectivity index (χ0n) is 14.9. The Bertz CT molecular complexity index is 912. The molecule has 9 heteroatoms. The van der Waals surface area contributed by atoms with Crippen molar-refractivity contribution in [3.05, 3.63) is 64.2 Å². The van der Waals surface area contributed by atoms with Gasteiger partial charge in [-0.3, -0.25) is 10.1 Å². The number of sulfonamides is 1. The Hall–Kier alpha value is -2.49. The largest absolute Gasteiger partial charge is 0.379 e. The van der Waals surface area contributed by atoms with E-state index in [1.807, 2.05) is 37.3 Å². The van der Waals surface area contributed by atoms with Crippen LogP contribution in [-0.4, -0.2) is 43.9 Å². The minimum absolute atomic E-state index is 0.0959. The highest BCUT2D eigenvalue weighted by Gasteiger charge is 2.30. The van der Waals surface area contributed by atoms with E-state index in [1.54, 1.807) is 0 Å². The van der Waals surface area contributed by atoms with Gasteiger partial charge in [-0.2, -0.15) is 4.31 Å². The Morgan fingerprint density at radius 2 is 1.81 bits per heavy atom. The van der Waals surface area contributed by atoms with E-state index in [-0.39, 0.29) is 29.7 Å². The number of morpholine rings is 1. The third-order valence-electron chi connectivity index (χ3n) is 4.44. The molecule has 1 N–H and O–H groups in total. The summed E-state index contributed by atoms with van der Waals surface area (Å²) in [5, 5.41) is 14.3. The third-order valence-corrected chi connectivity index (χ3v) is 6.37. The minimum atomic E-state index is -3.89. The lowest BCUT2D eigenvalue weighted by Crippen LogP contribution is -2.40. The van der Waals surface area contributed by atoms with Crippen molar-refractivity contribution >= 4 is 21.4 Å². The van der Waals surface area contributed by atoms with Gasteiger partial charge in [-0.05, 0) is 18.6 Å². The predicted octanol–water partition coefficient (Wildman–Crippen LogP) is 2.79. The molecular formula is C18H21N3O5S. The summed E-state index contributed by atoms with van der Waals surface area (Å²) in [5.41, 5.74) is 1.05. The van der Waals surface area contributed by atoms with Crippen LogP contribution in [0.4, 0.5) is 11.4 Å². The van der Waals surface area contributed by atoms with Crippen LogP contribution in [0.2, 0.25) is 0 Å². The molecule has 0 aromatic heterocycles. The summed E-state index contributed by atoms with van der Waals surface area (Å²) in [6.07, 6.45) is 0. The van der Waals surface area contributed by atoms with Crippen LogP contribution in [-0.2, 0) is 14.8 Å². The SMILES string of the molecule is CC(Nc1ccc([N+](=O)[O-])cc1S(=O)(=O)N1CCOCC1)c1ccccc1. The zero-order chi connectivity index (χ0) is 19.4.